The van der Waals surface area contributed by atoms with Crippen LogP contribution >= 0.6 is 0 Å². The van der Waals surface area contributed by atoms with E-state index in [0.29, 0.717) is 6.61 Å². The SMILES string of the molecule is COCC(N)(C[Si](C)(C)C)c1ccccc1. The molecule has 0 radical (unpaired) electrons. The molecule has 90 valence electrons. The van der Waals surface area contributed by atoms with Gasteiger partial charge in [0.2, 0.25) is 0 Å². The van der Waals surface area contributed by atoms with E-state index in [1.807, 2.05) is 18.2 Å². The second kappa shape index (κ2) is 5.12. The predicted octanol–water partition coefficient (Wildman–Crippen LogP) is 2.83. The molecule has 1 unspecified atom stereocenters. The fourth-order valence-corrected chi connectivity index (χ4v) is 4.41. The zero-order chi connectivity index (χ0) is 12.2. The minimum Gasteiger partial charge on any atom is -0.382 e. The van der Waals surface area contributed by atoms with E-state index < -0.39 is 8.07 Å². The molecular weight excluding hydrogens is 214 g/mol. The van der Waals surface area contributed by atoms with Crippen molar-refractivity contribution in [1.29, 1.82) is 0 Å². The van der Waals surface area contributed by atoms with Gasteiger partial charge in [-0.1, -0.05) is 50.0 Å². The highest BCUT2D eigenvalue weighted by Gasteiger charge is 2.33. The Morgan fingerprint density at radius 3 is 2.19 bits per heavy atom. The van der Waals surface area contributed by atoms with Gasteiger partial charge in [-0.3, -0.25) is 0 Å². The Bertz CT molecular complexity index is 320. The zero-order valence-electron chi connectivity index (χ0n) is 10.8. The third kappa shape index (κ3) is 3.74. The van der Waals surface area contributed by atoms with Crippen molar-refractivity contribution in [3.05, 3.63) is 35.9 Å². The molecule has 2 N–H and O–H groups in total. The molecule has 1 aromatic rings. The predicted molar refractivity (Wildman–Crippen MR) is 72.3 cm³/mol. The van der Waals surface area contributed by atoms with E-state index in [9.17, 15) is 0 Å². The van der Waals surface area contributed by atoms with Crippen LogP contribution < -0.4 is 5.73 Å². The number of nitrogens with two attached hydrogens (primary N) is 1. The van der Waals surface area contributed by atoms with Gasteiger partial charge in [0, 0.05) is 15.2 Å². The summed E-state index contributed by atoms with van der Waals surface area (Å²) < 4.78 is 5.30. The van der Waals surface area contributed by atoms with E-state index >= 15 is 0 Å². The van der Waals surface area contributed by atoms with Gasteiger partial charge in [0.15, 0.2) is 0 Å². The minimum absolute atomic E-state index is 0.333. The Labute approximate surface area is 99.8 Å². The molecular formula is C13H23NOSi. The Morgan fingerprint density at radius 1 is 1.19 bits per heavy atom. The van der Waals surface area contributed by atoms with Crippen LogP contribution in [0.2, 0.25) is 25.7 Å². The van der Waals surface area contributed by atoms with E-state index in [1.165, 1.54) is 5.56 Å². The van der Waals surface area contributed by atoms with Gasteiger partial charge in [-0.15, -0.1) is 0 Å². The molecule has 0 bridgehead atoms. The maximum atomic E-state index is 6.53. The first-order chi connectivity index (χ1) is 7.37. The quantitative estimate of drug-likeness (QED) is 0.799. The van der Waals surface area contributed by atoms with Gasteiger partial charge < -0.3 is 10.5 Å². The van der Waals surface area contributed by atoms with E-state index in [0.717, 1.165) is 6.04 Å². The molecule has 0 fully saturated rings. The van der Waals surface area contributed by atoms with Crippen LogP contribution in [0.15, 0.2) is 30.3 Å². The molecule has 1 rings (SSSR count). The highest BCUT2D eigenvalue weighted by atomic mass is 28.3. The summed E-state index contributed by atoms with van der Waals surface area (Å²) in [6.45, 7) is 7.61. The third-order valence-electron chi connectivity index (χ3n) is 2.60. The number of hydrogen-bond acceptors (Lipinski definition) is 2. The summed E-state index contributed by atoms with van der Waals surface area (Å²) in [4.78, 5) is 0. The normalized spacial score (nSPS) is 15.8. The first kappa shape index (κ1) is 13.4. The molecule has 1 atom stereocenters. The number of benzene rings is 1. The van der Waals surface area contributed by atoms with Crippen LogP contribution in [0.3, 0.4) is 0 Å². The zero-order valence-corrected chi connectivity index (χ0v) is 11.8. The maximum Gasteiger partial charge on any atom is 0.0681 e. The molecule has 0 aliphatic rings. The van der Waals surface area contributed by atoms with Crippen LogP contribution in [0, 0.1) is 0 Å². The van der Waals surface area contributed by atoms with Crippen molar-refractivity contribution < 1.29 is 4.74 Å². The van der Waals surface area contributed by atoms with E-state index in [-0.39, 0.29) is 5.54 Å². The molecule has 1 aromatic carbocycles. The topological polar surface area (TPSA) is 35.2 Å². The largest absolute Gasteiger partial charge is 0.382 e. The number of ether oxygens (including phenoxy) is 1. The van der Waals surface area contributed by atoms with Gasteiger partial charge in [-0.25, -0.2) is 0 Å². The lowest BCUT2D eigenvalue weighted by Crippen LogP contribution is -2.46. The van der Waals surface area contributed by atoms with Crippen LogP contribution in [-0.2, 0) is 10.3 Å². The van der Waals surface area contributed by atoms with E-state index in [2.05, 4.69) is 31.8 Å². The summed E-state index contributed by atoms with van der Waals surface area (Å²) in [6.07, 6.45) is 0. The summed E-state index contributed by atoms with van der Waals surface area (Å²) in [5.41, 5.74) is 7.37. The average Bonchev–Trinajstić information content (AvgIpc) is 2.16. The van der Waals surface area contributed by atoms with Crippen molar-refractivity contribution in [2.75, 3.05) is 13.7 Å². The molecule has 0 spiro atoms. The summed E-state index contributed by atoms with van der Waals surface area (Å²) >= 11 is 0. The van der Waals surface area contributed by atoms with Crippen molar-refractivity contribution in [3.8, 4) is 0 Å². The molecule has 2 nitrogen and oxygen atoms in total. The van der Waals surface area contributed by atoms with Gasteiger partial charge in [-0.2, -0.15) is 0 Å². The van der Waals surface area contributed by atoms with Crippen molar-refractivity contribution in [1.82, 2.24) is 0 Å². The second-order valence-electron chi connectivity index (χ2n) is 5.69. The molecule has 0 heterocycles. The molecule has 0 amide bonds. The third-order valence-corrected chi connectivity index (χ3v) is 4.29. The Balaban J connectivity index is 2.97. The molecule has 0 aromatic heterocycles. The molecule has 0 saturated heterocycles. The number of methoxy groups -OCH3 is 1. The van der Waals surface area contributed by atoms with E-state index in [4.69, 9.17) is 10.5 Å². The maximum absolute atomic E-state index is 6.53. The number of rotatable bonds is 5. The molecule has 0 aliphatic heterocycles. The van der Waals surface area contributed by atoms with Crippen LogP contribution in [0.5, 0.6) is 0 Å². The fourth-order valence-electron chi connectivity index (χ4n) is 2.21. The van der Waals surface area contributed by atoms with Crippen LogP contribution in [-0.4, -0.2) is 21.8 Å². The summed E-state index contributed by atoms with van der Waals surface area (Å²) in [5, 5.41) is 0. The first-order valence-electron chi connectivity index (χ1n) is 5.71. The van der Waals surface area contributed by atoms with Gasteiger partial charge >= 0.3 is 0 Å². The molecule has 16 heavy (non-hydrogen) atoms. The summed E-state index contributed by atoms with van der Waals surface area (Å²) in [7, 11) is 0.499. The summed E-state index contributed by atoms with van der Waals surface area (Å²) in [5.74, 6) is 0. The van der Waals surface area contributed by atoms with Gasteiger partial charge in [0.25, 0.3) is 0 Å². The van der Waals surface area contributed by atoms with Crippen LogP contribution in [0.25, 0.3) is 0 Å². The monoisotopic (exact) mass is 237 g/mol. The van der Waals surface area contributed by atoms with E-state index in [1.54, 1.807) is 7.11 Å². The Kier molecular flexibility index (Phi) is 4.30. The van der Waals surface area contributed by atoms with Crippen molar-refractivity contribution in [3.63, 3.8) is 0 Å². The van der Waals surface area contributed by atoms with Gasteiger partial charge in [0.05, 0.1) is 12.1 Å². The van der Waals surface area contributed by atoms with Crippen molar-refractivity contribution in [2.45, 2.75) is 31.2 Å². The lowest BCUT2D eigenvalue weighted by atomic mass is 9.94. The molecule has 0 aliphatic carbocycles. The average molecular weight is 237 g/mol. The summed E-state index contributed by atoms with van der Waals surface area (Å²) in [6, 6.07) is 11.3. The highest BCUT2D eigenvalue weighted by molar-refractivity contribution is 6.76. The fraction of sp³-hybridized carbons (Fsp3) is 0.538. The van der Waals surface area contributed by atoms with Crippen molar-refractivity contribution in [2.24, 2.45) is 5.73 Å². The van der Waals surface area contributed by atoms with Gasteiger partial charge in [-0.05, 0) is 11.6 Å². The first-order valence-corrected chi connectivity index (χ1v) is 9.41. The second-order valence-corrected chi connectivity index (χ2v) is 11.2. The number of hydrogen-bond donors (Lipinski definition) is 1. The molecule has 0 saturated carbocycles. The standard InChI is InChI=1S/C13H23NOSi/c1-15-10-13(14,11-16(2,3)4)12-8-6-5-7-9-12/h5-9H,10-11,14H2,1-4H3. The Hall–Kier alpha value is -0.643. The highest BCUT2D eigenvalue weighted by Crippen LogP contribution is 2.28. The lowest BCUT2D eigenvalue weighted by molar-refractivity contribution is 0.140. The molecule has 3 heteroatoms. The lowest BCUT2D eigenvalue weighted by Gasteiger charge is -2.34. The smallest absolute Gasteiger partial charge is 0.0681 e. The van der Waals surface area contributed by atoms with Crippen LogP contribution in [0.4, 0.5) is 0 Å². The minimum atomic E-state index is -1.22. The van der Waals surface area contributed by atoms with Gasteiger partial charge in [0.1, 0.15) is 0 Å². The van der Waals surface area contributed by atoms with Crippen LogP contribution in [0.1, 0.15) is 5.56 Å². The Morgan fingerprint density at radius 2 is 1.75 bits per heavy atom. The van der Waals surface area contributed by atoms with Crippen molar-refractivity contribution >= 4 is 8.07 Å².